The van der Waals surface area contributed by atoms with Gasteiger partial charge in [-0.3, -0.25) is 4.79 Å². The van der Waals surface area contributed by atoms with Gasteiger partial charge >= 0.3 is 0 Å². The average molecular weight is 327 g/mol. The van der Waals surface area contributed by atoms with Gasteiger partial charge in [0.05, 0.1) is 5.56 Å². The molecule has 0 radical (unpaired) electrons. The lowest BCUT2D eigenvalue weighted by molar-refractivity contribution is 0.0934. The first-order valence-electron chi connectivity index (χ1n) is 6.54. The Hall–Kier alpha value is -0.870. The largest absolute Gasteiger partial charge is 0.350 e. The van der Waals surface area contributed by atoms with Crippen LogP contribution in [0.5, 0.6) is 0 Å². The number of carbonyl (C=O) groups excluding carboxylic acids is 1. The third kappa shape index (κ3) is 4.32. The predicted octanol–water partition coefficient (Wildman–Crippen LogP) is 3.07. The van der Waals surface area contributed by atoms with E-state index in [9.17, 15) is 4.79 Å². The van der Waals surface area contributed by atoms with Crippen LogP contribution in [0.15, 0.2) is 22.7 Å². The first-order chi connectivity index (χ1) is 8.84. The topological polar surface area (TPSA) is 32.3 Å². The second-order valence-corrected chi connectivity index (χ2v) is 6.21. The molecule has 0 fully saturated rings. The van der Waals surface area contributed by atoms with Crippen LogP contribution < -0.4 is 5.32 Å². The Morgan fingerprint density at radius 3 is 2.53 bits per heavy atom. The van der Waals surface area contributed by atoms with Crippen molar-refractivity contribution in [3.05, 3.63) is 33.8 Å². The fourth-order valence-corrected chi connectivity index (χ4v) is 2.57. The zero-order valence-electron chi connectivity index (χ0n) is 12.3. The summed E-state index contributed by atoms with van der Waals surface area (Å²) in [7, 11) is 4.08. The first-order valence-corrected chi connectivity index (χ1v) is 7.33. The highest BCUT2D eigenvalue weighted by molar-refractivity contribution is 9.10. The summed E-state index contributed by atoms with van der Waals surface area (Å²) in [5.41, 5.74) is 1.77. The van der Waals surface area contributed by atoms with Gasteiger partial charge in [-0.15, -0.1) is 0 Å². The van der Waals surface area contributed by atoms with Crippen molar-refractivity contribution in [2.75, 3.05) is 20.6 Å². The minimum absolute atomic E-state index is 0.0249. The summed E-state index contributed by atoms with van der Waals surface area (Å²) in [6, 6.07) is 6.07. The SMILES string of the molecule is Cc1cccc(C(=O)NCC(C(C)C)N(C)C)c1Br. The summed E-state index contributed by atoms with van der Waals surface area (Å²) in [6.07, 6.45) is 0. The maximum Gasteiger partial charge on any atom is 0.252 e. The predicted molar refractivity (Wildman–Crippen MR) is 83.5 cm³/mol. The van der Waals surface area contributed by atoms with E-state index in [1.165, 1.54) is 0 Å². The van der Waals surface area contributed by atoms with E-state index in [4.69, 9.17) is 0 Å². The zero-order chi connectivity index (χ0) is 14.6. The van der Waals surface area contributed by atoms with Crippen LogP contribution in [0, 0.1) is 12.8 Å². The highest BCUT2D eigenvalue weighted by atomic mass is 79.9. The van der Waals surface area contributed by atoms with E-state index in [-0.39, 0.29) is 5.91 Å². The van der Waals surface area contributed by atoms with Gasteiger partial charge in [0.15, 0.2) is 0 Å². The molecule has 0 aliphatic carbocycles. The van der Waals surface area contributed by atoms with Crippen molar-refractivity contribution >= 4 is 21.8 Å². The third-order valence-electron chi connectivity index (χ3n) is 3.34. The van der Waals surface area contributed by atoms with Crippen LogP contribution in [0.1, 0.15) is 29.8 Å². The molecule has 0 saturated carbocycles. The summed E-state index contributed by atoms with van der Waals surface area (Å²) in [4.78, 5) is 14.4. The molecule has 1 amide bonds. The van der Waals surface area contributed by atoms with Crippen molar-refractivity contribution < 1.29 is 4.79 Å². The highest BCUT2D eigenvalue weighted by Crippen LogP contribution is 2.20. The molecule has 0 spiro atoms. The number of nitrogens with one attached hydrogen (secondary N) is 1. The highest BCUT2D eigenvalue weighted by Gasteiger charge is 2.18. The van der Waals surface area contributed by atoms with Gasteiger partial charge in [-0.05, 0) is 54.5 Å². The molecule has 1 aromatic rings. The monoisotopic (exact) mass is 326 g/mol. The summed E-state index contributed by atoms with van der Waals surface area (Å²) in [5, 5.41) is 3.02. The summed E-state index contributed by atoms with van der Waals surface area (Å²) >= 11 is 3.47. The number of aryl methyl sites for hydroxylation is 1. The van der Waals surface area contributed by atoms with Gasteiger partial charge in [0.2, 0.25) is 0 Å². The van der Waals surface area contributed by atoms with E-state index in [0.717, 1.165) is 10.0 Å². The fraction of sp³-hybridized carbons (Fsp3) is 0.533. The second-order valence-electron chi connectivity index (χ2n) is 5.42. The van der Waals surface area contributed by atoms with E-state index in [1.807, 2.05) is 39.2 Å². The van der Waals surface area contributed by atoms with Crippen LogP contribution in [-0.4, -0.2) is 37.5 Å². The van der Waals surface area contributed by atoms with E-state index in [1.54, 1.807) is 0 Å². The van der Waals surface area contributed by atoms with Crippen molar-refractivity contribution in [3.63, 3.8) is 0 Å². The first kappa shape index (κ1) is 16.2. The summed E-state index contributed by atoms with van der Waals surface area (Å²) in [5.74, 6) is 0.472. The Morgan fingerprint density at radius 1 is 1.37 bits per heavy atom. The molecule has 1 N–H and O–H groups in total. The molecule has 0 heterocycles. The normalized spacial score (nSPS) is 12.8. The van der Waals surface area contributed by atoms with Crippen molar-refractivity contribution in [1.29, 1.82) is 0 Å². The number of hydrogen-bond donors (Lipinski definition) is 1. The maximum absolute atomic E-state index is 12.2. The van der Waals surface area contributed by atoms with E-state index in [2.05, 4.69) is 40.0 Å². The van der Waals surface area contributed by atoms with Crippen molar-refractivity contribution in [2.45, 2.75) is 26.8 Å². The van der Waals surface area contributed by atoms with Gasteiger partial charge in [0.25, 0.3) is 5.91 Å². The van der Waals surface area contributed by atoms with Crippen molar-refractivity contribution in [3.8, 4) is 0 Å². The number of hydrogen-bond acceptors (Lipinski definition) is 2. The standard InChI is InChI=1S/C15H23BrN2O/c1-10(2)13(18(4)5)9-17-15(19)12-8-6-7-11(3)14(12)16/h6-8,10,13H,9H2,1-5H3,(H,17,19). The third-order valence-corrected chi connectivity index (χ3v) is 4.39. The Labute approximate surface area is 124 Å². The zero-order valence-corrected chi connectivity index (χ0v) is 13.9. The molecule has 106 valence electrons. The molecular formula is C15H23BrN2O. The molecule has 0 aromatic heterocycles. The van der Waals surface area contributed by atoms with Crippen LogP contribution in [-0.2, 0) is 0 Å². The number of nitrogens with zero attached hydrogens (tertiary/aromatic N) is 1. The average Bonchev–Trinajstić information content (AvgIpc) is 2.31. The molecule has 1 unspecified atom stereocenters. The van der Waals surface area contributed by atoms with Gasteiger partial charge < -0.3 is 10.2 Å². The Morgan fingerprint density at radius 2 is 2.00 bits per heavy atom. The van der Waals surface area contributed by atoms with Crippen molar-refractivity contribution in [2.24, 2.45) is 5.92 Å². The quantitative estimate of drug-likeness (QED) is 0.901. The molecule has 4 heteroatoms. The Kier molecular flexibility index (Phi) is 6.01. The maximum atomic E-state index is 12.2. The minimum atomic E-state index is -0.0249. The minimum Gasteiger partial charge on any atom is -0.350 e. The number of carbonyl (C=O) groups is 1. The lowest BCUT2D eigenvalue weighted by Crippen LogP contribution is -2.43. The van der Waals surface area contributed by atoms with E-state index in [0.29, 0.717) is 24.1 Å². The summed E-state index contributed by atoms with van der Waals surface area (Å²) < 4.78 is 0.874. The van der Waals surface area contributed by atoms with Crippen molar-refractivity contribution in [1.82, 2.24) is 10.2 Å². The fourth-order valence-electron chi connectivity index (χ4n) is 2.13. The molecule has 19 heavy (non-hydrogen) atoms. The number of halogens is 1. The van der Waals surface area contributed by atoms with Crippen LogP contribution >= 0.6 is 15.9 Å². The Bertz CT molecular complexity index is 436. The molecule has 1 atom stereocenters. The molecule has 0 aliphatic heterocycles. The molecule has 1 rings (SSSR count). The lowest BCUT2D eigenvalue weighted by Gasteiger charge is -2.28. The number of rotatable bonds is 5. The second kappa shape index (κ2) is 7.06. The van der Waals surface area contributed by atoms with Crippen LogP contribution in [0.25, 0.3) is 0 Å². The van der Waals surface area contributed by atoms with E-state index >= 15 is 0 Å². The molecule has 0 saturated heterocycles. The lowest BCUT2D eigenvalue weighted by atomic mass is 10.0. The van der Waals surface area contributed by atoms with Crippen LogP contribution in [0.2, 0.25) is 0 Å². The Balaban J connectivity index is 2.72. The summed E-state index contributed by atoms with van der Waals surface area (Å²) in [6.45, 7) is 6.97. The molecule has 0 aliphatic rings. The molecule has 0 bridgehead atoms. The van der Waals surface area contributed by atoms with Crippen LogP contribution in [0.4, 0.5) is 0 Å². The molecule has 3 nitrogen and oxygen atoms in total. The van der Waals surface area contributed by atoms with Gasteiger partial charge in [-0.2, -0.15) is 0 Å². The van der Waals surface area contributed by atoms with Crippen LogP contribution in [0.3, 0.4) is 0 Å². The van der Waals surface area contributed by atoms with Gasteiger partial charge in [0, 0.05) is 17.1 Å². The molecular weight excluding hydrogens is 304 g/mol. The van der Waals surface area contributed by atoms with Gasteiger partial charge in [-0.1, -0.05) is 26.0 Å². The number of likely N-dealkylation sites (N-methyl/N-ethyl adjacent to an activating group) is 1. The van der Waals surface area contributed by atoms with Gasteiger partial charge in [0.1, 0.15) is 0 Å². The number of amides is 1. The van der Waals surface area contributed by atoms with Gasteiger partial charge in [-0.25, -0.2) is 0 Å². The number of benzene rings is 1. The molecule has 1 aromatic carbocycles. The van der Waals surface area contributed by atoms with E-state index < -0.39 is 0 Å². The smallest absolute Gasteiger partial charge is 0.252 e.